The second-order valence-electron chi connectivity index (χ2n) is 3.11. The molecule has 3 nitrogen and oxygen atoms in total. The molecule has 0 saturated carbocycles. The van der Waals surface area contributed by atoms with Crippen LogP contribution in [0.2, 0.25) is 0 Å². The molecule has 0 unspecified atom stereocenters. The van der Waals surface area contributed by atoms with Crippen molar-refractivity contribution in [3.05, 3.63) is 28.8 Å². The lowest BCUT2D eigenvalue weighted by Crippen LogP contribution is -1.98. The van der Waals surface area contributed by atoms with Gasteiger partial charge in [-0.25, -0.2) is 4.98 Å². The van der Waals surface area contributed by atoms with E-state index in [0.717, 1.165) is 10.5 Å². The molecule has 0 atom stereocenters. The van der Waals surface area contributed by atoms with Gasteiger partial charge in [-0.15, -0.1) is 11.3 Å². The third-order valence-electron chi connectivity index (χ3n) is 1.77. The molecule has 0 aliphatic carbocycles. The Morgan fingerprint density at radius 2 is 2.07 bits per heavy atom. The normalized spacial score (nSPS) is 9.27. The van der Waals surface area contributed by atoms with Gasteiger partial charge < -0.3 is 5.32 Å². The van der Waals surface area contributed by atoms with Crippen LogP contribution in [0.25, 0.3) is 10.2 Å². The van der Waals surface area contributed by atoms with Gasteiger partial charge in [-0.3, -0.25) is 4.79 Å². The number of amides is 1. The quantitative estimate of drug-likeness (QED) is 0.752. The Bertz CT molecular complexity index is 451. The molecule has 0 saturated heterocycles. The van der Waals surface area contributed by atoms with Crippen molar-refractivity contribution >= 4 is 28.0 Å². The van der Waals surface area contributed by atoms with E-state index < -0.39 is 0 Å². The minimum atomic E-state index is 0.625. The number of hydrogen-bond donors (Lipinski definition) is 1. The molecule has 1 aromatic carbocycles. The Balaban J connectivity index is 0.000000245. The maximum Gasteiger partial charge on any atom is 0.206 e. The summed E-state index contributed by atoms with van der Waals surface area (Å²) in [6.07, 6.45) is 0.625. The Morgan fingerprint density at radius 1 is 1.40 bits per heavy atom. The van der Waals surface area contributed by atoms with Crippen molar-refractivity contribution in [2.24, 2.45) is 0 Å². The first-order valence-electron chi connectivity index (χ1n) is 4.62. The molecule has 2 rings (SSSR count). The van der Waals surface area contributed by atoms with E-state index in [-0.39, 0.29) is 0 Å². The number of benzene rings is 1. The average molecular weight is 222 g/mol. The molecule has 0 fully saturated rings. The molecule has 0 aliphatic rings. The molecule has 15 heavy (non-hydrogen) atoms. The summed E-state index contributed by atoms with van der Waals surface area (Å²) in [6.45, 7) is 4.15. The molecular weight excluding hydrogens is 208 g/mol. The van der Waals surface area contributed by atoms with E-state index in [1.54, 1.807) is 18.4 Å². The molecule has 1 N–H and O–H groups in total. The first-order chi connectivity index (χ1) is 7.17. The second-order valence-corrected chi connectivity index (χ2v) is 4.35. The van der Waals surface area contributed by atoms with Crippen LogP contribution in [-0.2, 0) is 4.79 Å². The van der Waals surface area contributed by atoms with Crippen LogP contribution >= 0.6 is 11.3 Å². The van der Waals surface area contributed by atoms with E-state index in [2.05, 4.69) is 35.4 Å². The van der Waals surface area contributed by atoms with E-state index in [4.69, 9.17) is 4.79 Å². The highest BCUT2D eigenvalue weighted by atomic mass is 32.1. The van der Waals surface area contributed by atoms with Gasteiger partial charge in [-0.1, -0.05) is 6.07 Å². The van der Waals surface area contributed by atoms with Crippen LogP contribution in [-0.4, -0.2) is 18.4 Å². The van der Waals surface area contributed by atoms with Crippen molar-refractivity contribution in [2.45, 2.75) is 13.8 Å². The van der Waals surface area contributed by atoms with Crippen molar-refractivity contribution in [3.8, 4) is 0 Å². The van der Waals surface area contributed by atoms with E-state index in [1.165, 1.54) is 10.3 Å². The standard InChI is InChI=1S/C9H9NS.C2H5NO/c1-6-3-4-8-9(5-6)11-7(2)10-8;1-3-2-4/h3-5H,1-2H3;2H,1H3,(H,3,4). The summed E-state index contributed by atoms with van der Waals surface area (Å²) in [4.78, 5) is 13.4. The summed E-state index contributed by atoms with van der Waals surface area (Å²) in [5, 5.41) is 3.39. The maximum atomic E-state index is 9.06. The third kappa shape index (κ3) is 3.32. The highest BCUT2D eigenvalue weighted by molar-refractivity contribution is 7.18. The van der Waals surface area contributed by atoms with E-state index >= 15 is 0 Å². The van der Waals surface area contributed by atoms with Gasteiger partial charge in [0.2, 0.25) is 6.41 Å². The minimum Gasteiger partial charge on any atom is -0.362 e. The SMILES string of the molecule is CNC=O.Cc1ccc2nc(C)sc2c1. The average Bonchev–Trinajstić information content (AvgIpc) is 2.58. The van der Waals surface area contributed by atoms with Crippen LogP contribution in [0.5, 0.6) is 0 Å². The largest absolute Gasteiger partial charge is 0.362 e. The zero-order valence-electron chi connectivity index (χ0n) is 9.07. The highest BCUT2D eigenvalue weighted by Gasteiger charge is 1.98. The fraction of sp³-hybridized carbons (Fsp3) is 0.273. The molecule has 0 bridgehead atoms. The van der Waals surface area contributed by atoms with Gasteiger partial charge in [-0.2, -0.15) is 0 Å². The maximum absolute atomic E-state index is 9.06. The molecule has 0 aliphatic heterocycles. The number of nitrogens with one attached hydrogen (secondary N) is 1. The van der Waals surface area contributed by atoms with Crippen LogP contribution in [0, 0.1) is 13.8 Å². The van der Waals surface area contributed by atoms with Gasteiger partial charge in [0.15, 0.2) is 0 Å². The fourth-order valence-electron chi connectivity index (χ4n) is 1.15. The number of rotatable bonds is 1. The number of fused-ring (bicyclic) bond motifs is 1. The topological polar surface area (TPSA) is 42.0 Å². The predicted molar refractivity (Wildman–Crippen MR) is 64.2 cm³/mol. The molecule has 1 amide bonds. The summed E-state index contributed by atoms with van der Waals surface area (Å²) in [5.41, 5.74) is 2.43. The third-order valence-corrected chi connectivity index (χ3v) is 2.70. The summed E-state index contributed by atoms with van der Waals surface area (Å²) in [5.74, 6) is 0. The number of aryl methyl sites for hydroxylation is 2. The van der Waals surface area contributed by atoms with Crippen LogP contribution in [0.15, 0.2) is 18.2 Å². The number of aromatic nitrogens is 1. The van der Waals surface area contributed by atoms with Gasteiger partial charge >= 0.3 is 0 Å². The van der Waals surface area contributed by atoms with Crippen LogP contribution in [0.1, 0.15) is 10.6 Å². The molecule has 2 aromatic rings. The van der Waals surface area contributed by atoms with Crippen molar-refractivity contribution < 1.29 is 4.79 Å². The highest BCUT2D eigenvalue weighted by Crippen LogP contribution is 2.21. The predicted octanol–water partition coefficient (Wildman–Crippen LogP) is 2.28. The number of nitrogens with zero attached hydrogens (tertiary/aromatic N) is 1. The zero-order chi connectivity index (χ0) is 11.3. The molecule has 1 heterocycles. The number of hydrogen-bond acceptors (Lipinski definition) is 3. The monoisotopic (exact) mass is 222 g/mol. The van der Waals surface area contributed by atoms with Gasteiger partial charge in [0, 0.05) is 7.05 Å². The van der Waals surface area contributed by atoms with E-state index in [0.29, 0.717) is 6.41 Å². The smallest absolute Gasteiger partial charge is 0.206 e. The lowest BCUT2D eigenvalue weighted by atomic mass is 10.2. The van der Waals surface area contributed by atoms with Gasteiger partial charge in [0.25, 0.3) is 0 Å². The van der Waals surface area contributed by atoms with Crippen molar-refractivity contribution in [3.63, 3.8) is 0 Å². The summed E-state index contributed by atoms with van der Waals surface area (Å²) >= 11 is 1.76. The lowest BCUT2D eigenvalue weighted by Gasteiger charge is -1.88. The molecule has 4 heteroatoms. The Kier molecular flexibility index (Phi) is 4.24. The first kappa shape index (κ1) is 11.7. The first-order valence-corrected chi connectivity index (χ1v) is 5.43. The number of thiazole rings is 1. The summed E-state index contributed by atoms with van der Waals surface area (Å²) in [6, 6.07) is 6.36. The molecular formula is C11H14N2OS. The zero-order valence-corrected chi connectivity index (χ0v) is 9.89. The molecule has 0 spiro atoms. The Morgan fingerprint density at radius 3 is 2.67 bits per heavy atom. The summed E-state index contributed by atoms with van der Waals surface area (Å²) in [7, 11) is 1.56. The van der Waals surface area contributed by atoms with Gasteiger partial charge in [0.1, 0.15) is 0 Å². The molecule has 80 valence electrons. The summed E-state index contributed by atoms with van der Waals surface area (Å²) < 4.78 is 1.29. The Hall–Kier alpha value is -1.42. The van der Waals surface area contributed by atoms with Crippen molar-refractivity contribution in [1.29, 1.82) is 0 Å². The lowest BCUT2D eigenvalue weighted by molar-refractivity contribution is -0.109. The van der Waals surface area contributed by atoms with E-state index in [9.17, 15) is 0 Å². The number of carbonyl (C=O) groups excluding carboxylic acids is 1. The Labute approximate surface area is 93.2 Å². The molecule has 0 radical (unpaired) electrons. The van der Waals surface area contributed by atoms with Crippen LogP contribution in [0.3, 0.4) is 0 Å². The van der Waals surface area contributed by atoms with Gasteiger partial charge in [-0.05, 0) is 31.5 Å². The van der Waals surface area contributed by atoms with E-state index in [1.807, 2.05) is 6.92 Å². The number of carbonyl (C=O) groups is 1. The minimum absolute atomic E-state index is 0.625. The second kappa shape index (κ2) is 5.46. The van der Waals surface area contributed by atoms with Crippen molar-refractivity contribution in [1.82, 2.24) is 10.3 Å². The van der Waals surface area contributed by atoms with Crippen molar-refractivity contribution in [2.75, 3.05) is 7.05 Å². The van der Waals surface area contributed by atoms with Crippen LogP contribution in [0.4, 0.5) is 0 Å². The van der Waals surface area contributed by atoms with Crippen LogP contribution < -0.4 is 5.32 Å². The molecule has 1 aromatic heterocycles. The van der Waals surface area contributed by atoms with Gasteiger partial charge in [0.05, 0.1) is 15.2 Å². The fourth-order valence-corrected chi connectivity index (χ4v) is 2.07.